The van der Waals surface area contributed by atoms with E-state index < -0.39 is 9.84 Å². The number of hydrogen-bond donors (Lipinski definition) is 0. The van der Waals surface area contributed by atoms with Gasteiger partial charge in [0, 0.05) is 12.3 Å². The summed E-state index contributed by atoms with van der Waals surface area (Å²) in [6, 6.07) is 0.503. The highest BCUT2D eigenvalue weighted by Crippen LogP contribution is 2.19. The molecule has 1 saturated heterocycles. The lowest BCUT2D eigenvalue weighted by molar-refractivity contribution is 0.153. The SMILES string of the molecule is CCN1CCCCC1CCS(C)(=O)=O. The van der Waals surface area contributed by atoms with Crippen molar-refractivity contribution < 1.29 is 8.42 Å². The number of rotatable bonds is 4. The zero-order valence-corrected chi connectivity index (χ0v) is 10.0. The average molecular weight is 219 g/mol. The van der Waals surface area contributed by atoms with Crippen LogP contribution in [0.15, 0.2) is 0 Å². The van der Waals surface area contributed by atoms with Gasteiger partial charge < -0.3 is 4.90 Å². The minimum Gasteiger partial charge on any atom is -0.301 e. The van der Waals surface area contributed by atoms with Gasteiger partial charge in [-0.1, -0.05) is 13.3 Å². The lowest BCUT2D eigenvalue weighted by Crippen LogP contribution is -2.40. The monoisotopic (exact) mass is 219 g/mol. The first kappa shape index (κ1) is 12.0. The Morgan fingerprint density at radius 3 is 2.64 bits per heavy atom. The Labute approximate surface area is 87.4 Å². The summed E-state index contributed by atoms with van der Waals surface area (Å²) >= 11 is 0. The van der Waals surface area contributed by atoms with E-state index in [0.29, 0.717) is 11.8 Å². The second kappa shape index (κ2) is 5.12. The van der Waals surface area contributed by atoms with Crippen LogP contribution in [-0.2, 0) is 9.84 Å². The van der Waals surface area contributed by atoms with Crippen molar-refractivity contribution in [2.45, 2.75) is 38.6 Å². The summed E-state index contributed by atoms with van der Waals surface area (Å²) in [5, 5.41) is 0. The van der Waals surface area contributed by atoms with Crippen molar-refractivity contribution in [1.82, 2.24) is 4.90 Å². The van der Waals surface area contributed by atoms with Crippen molar-refractivity contribution in [1.29, 1.82) is 0 Å². The third-order valence-corrected chi connectivity index (χ3v) is 3.95. The summed E-state index contributed by atoms with van der Waals surface area (Å²) in [6.07, 6.45) is 5.83. The lowest BCUT2D eigenvalue weighted by Gasteiger charge is -2.34. The molecule has 0 bridgehead atoms. The zero-order chi connectivity index (χ0) is 10.6. The Kier molecular flexibility index (Phi) is 4.38. The van der Waals surface area contributed by atoms with Gasteiger partial charge in [-0.25, -0.2) is 8.42 Å². The van der Waals surface area contributed by atoms with E-state index in [1.807, 2.05) is 0 Å². The highest BCUT2D eigenvalue weighted by atomic mass is 32.2. The van der Waals surface area contributed by atoms with E-state index >= 15 is 0 Å². The molecular formula is C10H21NO2S. The molecule has 1 aliphatic heterocycles. The molecule has 0 N–H and O–H groups in total. The third kappa shape index (κ3) is 3.96. The number of likely N-dealkylation sites (tertiary alicyclic amines) is 1. The van der Waals surface area contributed by atoms with Crippen LogP contribution in [0.2, 0.25) is 0 Å². The van der Waals surface area contributed by atoms with Crippen LogP contribution in [0.25, 0.3) is 0 Å². The Balaban J connectivity index is 2.41. The molecule has 0 spiro atoms. The van der Waals surface area contributed by atoms with E-state index in [9.17, 15) is 8.42 Å². The van der Waals surface area contributed by atoms with E-state index in [2.05, 4.69) is 11.8 Å². The van der Waals surface area contributed by atoms with Gasteiger partial charge in [-0.05, 0) is 32.4 Å². The fraction of sp³-hybridized carbons (Fsp3) is 1.00. The van der Waals surface area contributed by atoms with E-state index in [1.54, 1.807) is 0 Å². The van der Waals surface area contributed by atoms with Gasteiger partial charge in [0.25, 0.3) is 0 Å². The third-order valence-electron chi connectivity index (χ3n) is 2.98. The van der Waals surface area contributed by atoms with Crippen LogP contribution >= 0.6 is 0 Å². The summed E-state index contributed by atoms with van der Waals surface area (Å²) in [5.74, 6) is 0.341. The van der Waals surface area contributed by atoms with Gasteiger partial charge in [-0.15, -0.1) is 0 Å². The highest BCUT2D eigenvalue weighted by Gasteiger charge is 2.21. The van der Waals surface area contributed by atoms with Crippen LogP contribution in [0, 0.1) is 0 Å². The number of piperidine rings is 1. The molecular weight excluding hydrogens is 198 g/mol. The molecule has 84 valence electrons. The van der Waals surface area contributed by atoms with Crippen LogP contribution in [0.1, 0.15) is 32.6 Å². The molecule has 4 heteroatoms. The fourth-order valence-corrected chi connectivity index (χ4v) is 2.85. The molecule has 0 amide bonds. The maximum atomic E-state index is 11.1. The van der Waals surface area contributed by atoms with E-state index in [-0.39, 0.29) is 0 Å². The predicted octanol–water partition coefficient (Wildman–Crippen LogP) is 1.30. The average Bonchev–Trinajstić information content (AvgIpc) is 2.14. The van der Waals surface area contributed by atoms with Gasteiger partial charge in [0.05, 0.1) is 5.75 Å². The second-order valence-corrected chi connectivity index (χ2v) is 6.46. The van der Waals surface area contributed by atoms with Crippen molar-refractivity contribution in [3.05, 3.63) is 0 Å². The van der Waals surface area contributed by atoms with Crippen molar-refractivity contribution in [3.63, 3.8) is 0 Å². The second-order valence-electron chi connectivity index (χ2n) is 4.20. The smallest absolute Gasteiger partial charge is 0.147 e. The molecule has 0 aromatic carbocycles. The molecule has 0 aliphatic carbocycles. The first-order valence-electron chi connectivity index (χ1n) is 5.44. The van der Waals surface area contributed by atoms with Gasteiger partial charge in [-0.2, -0.15) is 0 Å². The Morgan fingerprint density at radius 1 is 1.36 bits per heavy atom. The van der Waals surface area contributed by atoms with Crippen LogP contribution in [0.4, 0.5) is 0 Å². The maximum absolute atomic E-state index is 11.1. The highest BCUT2D eigenvalue weighted by molar-refractivity contribution is 7.90. The predicted molar refractivity (Wildman–Crippen MR) is 59.2 cm³/mol. The summed E-state index contributed by atoms with van der Waals surface area (Å²) < 4.78 is 22.1. The van der Waals surface area contributed by atoms with Crippen molar-refractivity contribution in [2.75, 3.05) is 25.1 Å². The molecule has 1 rings (SSSR count). The summed E-state index contributed by atoms with van der Waals surface area (Å²) in [4.78, 5) is 2.41. The molecule has 1 atom stereocenters. The molecule has 0 aromatic heterocycles. The van der Waals surface area contributed by atoms with Crippen molar-refractivity contribution >= 4 is 9.84 Å². The van der Waals surface area contributed by atoms with Crippen molar-refractivity contribution in [2.24, 2.45) is 0 Å². The van der Waals surface area contributed by atoms with E-state index in [0.717, 1.165) is 19.5 Å². The number of hydrogen-bond acceptors (Lipinski definition) is 3. The molecule has 1 unspecified atom stereocenters. The first-order chi connectivity index (χ1) is 6.53. The van der Waals surface area contributed by atoms with Crippen LogP contribution < -0.4 is 0 Å². The van der Waals surface area contributed by atoms with Gasteiger partial charge >= 0.3 is 0 Å². The molecule has 3 nitrogen and oxygen atoms in total. The van der Waals surface area contributed by atoms with Gasteiger partial charge in [0.2, 0.25) is 0 Å². The summed E-state index contributed by atoms with van der Waals surface area (Å²) in [6.45, 7) is 4.35. The normalized spacial score (nSPS) is 25.1. The topological polar surface area (TPSA) is 37.4 Å². The van der Waals surface area contributed by atoms with E-state index in [4.69, 9.17) is 0 Å². The molecule has 0 saturated carbocycles. The van der Waals surface area contributed by atoms with Crippen LogP contribution in [-0.4, -0.2) is 44.5 Å². The molecule has 1 heterocycles. The minimum atomic E-state index is -2.78. The van der Waals surface area contributed by atoms with Crippen molar-refractivity contribution in [3.8, 4) is 0 Å². The summed E-state index contributed by atoms with van der Waals surface area (Å²) in [5.41, 5.74) is 0. The molecule has 0 aromatic rings. The van der Waals surface area contributed by atoms with Gasteiger partial charge in [0.15, 0.2) is 0 Å². The molecule has 1 fully saturated rings. The zero-order valence-electron chi connectivity index (χ0n) is 9.20. The Morgan fingerprint density at radius 2 is 2.07 bits per heavy atom. The van der Waals surface area contributed by atoms with E-state index in [1.165, 1.54) is 25.5 Å². The number of nitrogens with zero attached hydrogens (tertiary/aromatic N) is 1. The molecule has 14 heavy (non-hydrogen) atoms. The fourth-order valence-electron chi connectivity index (χ4n) is 2.15. The standard InChI is InChI=1S/C10H21NO2S/c1-3-11-8-5-4-6-10(11)7-9-14(2,12)13/h10H,3-9H2,1-2H3. The largest absolute Gasteiger partial charge is 0.301 e. The quantitative estimate of drug-likeness (QED) is 0.715. The summed E-state index contributed by atoms with van der Waals surface area (Å²) in [7, 11) is -2.78. The maximum Gasteiger partial charge on any atom is 0.147 e. The first-order valence-corrected chi connectivity index (χ1v) is 7.51. The Hall–Kier alpha value is -0.0900. The van der Waals surface area contributed by atoms with Crippen LogP contribution in [0.5, 0.6) is 0 Å². The van der Waals surface area contributed by atoms with Gasteiger partial charge in [-0.3, -0.25) is 0 Å². The molecule has 0 radical (unpaired) electrons. The minimum absolute atomic E-state index is 0.341. The van der Waals surface area contributed by atoms with Gasteiger partial charge in [0.1, 0.15) is 9.84 Å². The molecule has 1 aliphatic rings. The Bertz CT molecular complexity index is 261. The lowest BCUT2D eigenvalue weighted by atomic mass is 10.0. The number of sulfone groups is 1. The van der Waals surface area contributed by atoms with Crippen LogP contribution in [0.3, 0.4) is 0 Å².